The molecule has 16 heavy (non-hydrogen) atoms. The average molecular weight is 218 g/mol. The maximum Gasteiger partial charge on any atom is 0.192 e. The van der Waals surface area contributed by atoms with Gasteiger partial charge in [0.05, 0.1) is 0 Å². The molecule has 1 aromatic heterocycles. The summed E-state index contributed by atoms with van der Waals surface area (Å²) in [6.45, 7) is 2.56. The number of rotatable bonds is 5. The lowest BCUT2D eigenvalue weighted by atomic mass is 10.2. The second-order valence-corrected chi connectivity index (χ2v) is 3.39. The molecule has 1 heterocycles. The Morgan fingerprint density at radius 3 is 2.81 bits per heavy atom. The van der Waals surface area contributed by atoms with E-state index < -0.39 is 0 Å². The quantitative estimate of drug-likeness (QED) is 0.748. The summed E-state index contributed by atoms with van der Waals surface area (Å²) in [6.07, 6.45) is 1.61. The third-order valence-corrected chi connectivity index (χ3v) is 2.27. The van der Waals surface area contributed by atoms with Gasteiger partial charge in [0, 0.05) is 12.8 Å². The van der Waals surface area contributed by atoms with Crippen molar-refractivity contribution < 1.29 is 4.84 Å². The van der Waals surface area contributed by atoms with Gasteiger partial charge in [-0.1, -0.05) is 42.1 Å². The lowest BCUT2D eigenvalue weighted by Crippen LogP contribution is -2.18. The number of benzene rings is 1. The molecular formula is C11H14N4O. The van der Waals surface area contributed by atoms with Crippen molar-refractivity contribution in [2.75, 3.05) is 6.61 Å². The van der Waals surface area contributed by atoms with E-state index in [4.69, 9.17) is 4.84 Å². The summed E-state index contributed by atoms with van der Waals surface area (Å²) < 4.78 is 0. The molecule has 0 atom stereocenters. The van der Waals surface area contributed by atoms with Crippen LogP contribution in [0.15, 0.2) is 30.3 Å². The maximum absolute atomic E-state index is 5.45. The summed E-state index contributed by atoms with van der Waals surface area (Å²) in [5.41, 5.74) is 1.24. The molecule has 0 amide bonds. The first-order valence-corrected chi connectivity index (χ1v) is 5.34. The van der Waals surface area contributed by atoms with Crippen LogP contribution >= 0.6 is 0 Å². The van der Waals surface area contributed by atoms with Crippen LogP contribution in [-0.2, 0) is 12.8 Å². The molecule has 0 aliphatic rings. The zero-order valence-electron chi connectivity index (χ0n) is 9.21. The van der Waals surface area contributed by atoms with Crippen molar-refractivity contribution in [3.05, 3.63) is 41.7 Å². The molecule has 0 saturated heterocycles. The first-order chi connectivity index (χ1) is 7.90. The molecule has 84 valence electrons. The zero-order valence-corrected chi connectivity index (χ0v) is 9.21. The number of nitrogens with zero attached hydrogens (tertiary/aromatic N) is 4. The van der Waals surface area contributed by atoms with Crippen LogP contribution in [0.4, 0.5) is 0 Å². The fourth-order valence-electron chi connectivity index (χ4n) is 1.40. The number of hydrogen-bond acceptors (Lipinski definition) is 4. The van der Waals surface area contributed by atoms with Crippen molar-refractivity contribution in [3.63, 3.8) is 0 Å². The number of hydrogen-bond donors (Lipinski definition) is 0. The van der Waals surface area contributed by atoms with Gasteiger partial charge in [-0.3, -0.25) is 0 Å². The van der Waals surface area contributed by atoms with E-state index in [0.717, 1.165) is 18.7 Å². The minimum absolute atomic E-state index is 0.571. The standard InChI is InChI=1S/C11H14N4O/c1-2-11-12-13-14-15(11)16-9-8-10-6-4-3-5-7-10/h3-7H,2,8-9H2,1H3. The van der Waals surface area contributed by atoms with Crippen molar-refractivity contribution in [2.24, 2.45) is 0 Å². The molecule has 0 unspecified atom stereocenters. The van der Waals surface area contributed by atoms with Gasteiger partial charge in [0.1, 0.15) is 6.61 Å². The van der Waals surface area contributed by atoms with Crippen LogP contribution in [0, 0.1) is 0 Å². The molecule has 0 saturated carbocycles. The van der Waals surface area contributed by atoms with Gasteiger partial charge < -0.3 is 4.84 Å². The Bertz CT molecular complexity index is 427. The second-order valence-electron chi connectivity index (χ2n) is 3.39. The minimum Gasteiger partial charge on any atom is -0.394 e. The lowest BCUT2D eigenvalue weighted by molar-refractivity contribution is 0.0742. The Labute approximate surface area is 94.0 Å². The predicted octanol–water partition coefficient (Wildman–Crippen LogP) is 0.907. The van der Waals surface area contributed by atoms with Gasteiger partial charge in [0.25, 0.3) is 0 Å². The molecule has 2 aromatic rings. The highest BCUT2D eigenvalue weighted by Gasteiger charge is 2.03. The first kappa shape index (κ1) is 10.6. The van der Waals surface area contributed by atoms with E-state index in [2.05, 4.69) is 27.7 Å². The Balaban J connectivity index is 1.85. The van der Waals surface area contributed by atoms with Crippen LogP contribution in [0.25, 0.3) is 0 Å². The predicted molar refractivity (Wildman–Crippen MR) is 58.8 cm³/mol. The number of tetrazole rings is 1. The molecular weight excluding hydrogens is 204 g/mol. The van der Waals surface area contributed by atoms with E-state index in [9.17, 15) is 0 Å². The Morgan fingerprint density at radius 2 is 2.06 bits per heavy atom. The molecule has 1 aromatic carbocycles. The van der Waals surface area contributed by atoms with Gasteiger partial charge >= 0.3 is 0 Å². The van der Waals surface area contributed by atoms with Gasteiger partial charge in [-0.2, -0.15) is 0 Å². The minimum atomic E-state index is 0.571. The molecule has 0 fully saturated rings. The van der Waals surface area contributed by atoms with E-state index in [1.54, 1.807) is 0 Å². The summed E-state index contributed by atoms with van der Waals surface area (Å²) in [5.74, 6) is 0.744. The topological polar surface area (TPSA) is 52.8 Å². The van der Waals surface area contributed by atoms with Crippen molar-refractivity contribution >= 4 is 0 Å². The van der Waals surface area contributed by atoms with E-state index in [1.807, 2.05) is 25.1 Å². The molecule has 5 nitrogen and oxygen atoms in total. The molecule has 0 radical (unpaired) electrons. The molecule has 0 spiro atoms. The third-order valence-electron chi connectivity index (χ3n) is 2.27. The Morgan fingerprint density at radius 1 is 1.25 bits per heavy atom. The SMILES string of the molecule is CCc1nnnn1OCCc1ccccc1. The molecule has 2 rings (SSSR count). The van der Waals surface area contributed by atoms with Gasteiger partial charge in [0.15, 0.2) is 5.82 Å². The van der Waals surface area contributed by atoms with Crippen LogP contribution in [0.3, 0.4) is 0 Å². The fourth-order valence-corrected chi connectivity index (χ4v) is 1.40. The normalized spacial score (nSPS) is 10.3. The molecule has 0 aliphatic carbocycles. The maximum atomic E-state index is 5.45. The summed E-state index contributed by atoms with van der Waals surface area (Å²) in [6, 6.07) is 10.2. The van der Waals surface area contributed by atoms with Gasteiger partial charge in [-0.15, -0.1) is 5.10 Å². The van der Waals surface area contributed by atoms with Gasteiger partial charge in [0.2, 0.25) is 0 Å². The largest absolute Gasteiger partial charge is 0.394 e. The highest BCUT2D eigenvalue weighted by molar-refractivity contribution is 5.14. The monoisotopic (exact) mass is 218 g/mol. The lowest BCUT2D eigenvalue weighted by Gasteiger charge is -2.05. The van der Waals surface area contributed by atoms with Crippen molar-refractivity contribution in [1.29, 1.82) is 0 Å². The zero-order chi connectivity index (χ0) is 11.2. The van der Waals surface area contributed by atoms with Crippen molar-refractivity contribution in [3.8, 4) is 0 Å². The number of aromatic nitrogens is 4. The highest BCUT2D eigenvalue weighted by Crippen LogP contribution is 1.99. The van der Waals surface area contributed by atoms with Crippen LogP contribution in [-0.4, -0.2) is 27.0 Å². The number of aryl methyl sites for hydroxylation is 1. The Kier molecular flexibility index (Phi) is 3.48. The summed E-state index contributed by atoms with van der Waals surface area (Å²) >= 11 is 0. The molecule has 0 aliphatic heterocycles. The first-order valence-electron chi connectivity index (χ1n) is 5.34. The van der Waals surface area contributed by atoms with Crippen LogP contribution in [0.1, 0.15) is 18.3 Å². The third kappa shape index (κ3) is 2.56. The van der Waals surface area contributed by atoms with Gasteiger partial charge in [-0.25, -0.2) is 0 Å². The van der Waals surface area contributed by atoms with Gasteiger partial charge in [-0.05, 0) is 16.0 Å². The molecule has 5 heteroatoms. The fraction of sp³-hybridized carbons (Fsp3) is 0.364. The van der Waals surface area contributed by atoms with E-state index in [0.29, 0.717) is 6.61 Å². The van der Waals surface area contributed by atoms with Crippen molar-refractivity contribution in [2.45, 2.75) is 19.8 Å². The summed E-state index contributed by atoms with van der Waals surface area (Å²) in [5, 5.41) is 11.1. The van der Waals surface area contributed by atoms with Crippen LogP contribution < -0.4 is 4.84 Å². The molecule has 0 bridgehead atoms. The second kappa shape index (κ2) is 5.25. The summed E-state index contributed by atoms with van der Waals surface area (Å²) in [4.78, 5) is 6.84. The highest BCUT2D eigenvalue weighted by atomic mass is 16.7. The van der Waals surface area contributed by atoms with E-state index >= 15 is 0 Å². The van der Waals surface area contributed by atoms with Crippen LogP contribution in [0.2, 0.25) is 0 Å². The van der Waals surface area contributed by atoms with Crippen molar-refractivity contribution in [1.82, 2.24) is 20.4 Å². The molecule has 0 N–H and O–H groups in total. The average Bonchev–Trinajstić information content (AvgIpc) is 2.78. The van der Waals surface area contributed by atoms with E-state index in [1.165, 1.54) is 10.4 Å². The van der Waals surface area contributed by atoms with E-state index in [-0.39, 0.29) is 0 Å². The summed E-state index contributed by atoms with van der Waals surface area (Å²) in [7, 11) is 0. The smallest absolute Gasteiger partial charge is 0.192 e. The van der Waals surface area contributed by atoms with Crippen LogP contribution in [0.5, 0.6) is 0 Å². The Hall–Kier alpha value is -1.91.